The van der Waals surface area contributed by atoms with Crippen LogP contribution in [0.1, 0.15) is 27.8 Å². The molecule has 1 aromatic heterocycles. The number of piperazine rings is 1. The first-order valence-corrected chi connectivity index (χ1v) is 10.1. The van der Waals surface area contributed by atoms with Crippen LogP contribution in [0.5, 0.6) is 0 Å². The summed E-state index contributed by atoms with van der Waals surface area (Å²) >= 11 is 1.35. The molecule has 0 bridgehead atoms. The van der Waals surface area contributed by atoms with Gasteiger partial charge in [-0.05, 0) is 19.1 Å². The number of Topliss-reactive ketones (excluding diaryl/α,β-unsaturated/α-hetero) is 1. The van der Waals surface area contributed by atoms with Gasteiger partial charge in [0.2, 0.25) is 10.0 Å². The first-order valence-electron chi connectivity index (χ1n) is 7.68. The highest BCUT2D eigenvalue weighted by atomic mass is 32.2. The van der Waals surface area contributed by atoms with Crippen molar-refractivity contribution in [3.8, 4) is 0 Å². The molecule has 2 aromatic rings. The van der Waals surface area contributed by atoms with E-state index in [0.29, 0.717) is 24.3 Å². The van der Waals surface area contributed by atoms with Gasteiger partial charge in [-0.25, -0.2) is 13.4 Å². The lowest BCUT2D eigenvalue weighted by Crippen LogP contribution is -2.50. The summed E-state index contributed by atoms with van der Waals surface area (Å²) in [7, 11) is -3.69. The van der Waals surface area contributed by atoms with Crippen LogP contribution in [-0.2, 0) is 10.0 Å². The summed E-state index contributed by atoms with van der Waals surface area (Å²) in [6.07, 6.45) is 0. The topological polar surface area (TPSA) is 87.7 Å². The number of amides is 1. The van der Waals surface area contributed by atoms with Gasteiger partial charge in [0, 0.05) is 37.1 Å². The first kappa shape index (κ1) is 17.7. The number of carbonyl (C=O) groups excluding carboxylic acids is 2. The van der Waals surface area contributed by atoms with Crippen LogP contribution in [0.2, 0.25) is 0 Å². The summed E-state index contributed by atoms with van der Waals surface area (Å²) in [4.78, 5) is 29.4. The van der Waals surface area contributed by atoms with Gasteiger partial charge in [-0.1, -0.05) is 12.1 Å². The fourth-order valence-electron chi connectivity index (χ4n) is 2.64. The zero-order valence-corrected chi connectivity index (χ0v) is 15.2. The minimum Gasteiger partial charge on any atom is -0.335 e. The Morgan fingerprint density at radius 1 is 1.16 bits per heavy atom. The summed E-state index contributed by atoms with van der Waals surface area (Å²) in [5, 5.41) is 1.68. The Balaban J connectivity index is 1.72. The van der Waals surface area contributed by atoms with Crippen LogP contribution in [0.15, 0.2) is 40.1 Å². The van der Waals surface area contributed by atoms with Gasteiger partial charge in [-0.15, -0.1) is 11.3 Å². The van der Waals surface area contributed by atoms with Crippen molar-refractivity contribution in [1.29, 1.82) is 0 Å². The number of carbonyl (C=O) groups is 2. The van der Waals surface area contributed by atoms with E-state index in [1.165, 1.54) is 34.7 Å². The van der Waals surface area contributed by atoms with Crippen LogP contribution >= 0.6 is 11.3 Å². The Hall–Kier alpha value is -2.10. The molecule has 1 aliphatic rings. The predicted octanol–water partition coefficient (Wildman–Crippen LogP) is 1.49. The Morgan fingerprint density at radius 2 is 1.88 bits per heavy atom. The molecule has 0 spiro atoms. The lowest BCUT2D eigenvalue weighted by atomic mass is 10.2. The number of rotatable bonds is 4. The van der Waals surface area contributed by atoms with Crippen molar-refractivity contribution in [1.82, 2.24) is 14.2 Å². The number of aromatic nitrogens is 1. The van der Waals surface area contributed by atoms with Gasteiger partial charge in [0.1, 0.15) is 5.69 Å². The first-order chi connectivity index (χ1) is 11.9. The van der Waals surface area contributed by atoms with Crippen molar-refractivity contribution in [2.75, 3.05) is 26.2 Å². The summed E-state index contributed by atoms with van der Waals surface area (Å²) in [5.74, 6) is -0.368. The van der Waals surface area contributed by atoms with E-state index in [1.54, 1.807) is 27.9 Å². The monoisotopic (exact) mass is 379 g/mol. The van der Waals surface area contributed by atoms with E-state index in [4.69, 9.17) is 0 Å². The minimum atomic E-state index is -3.69. The maximum absolute atomic E-state index is 12.8. The SMILES string of the molecule is CC(=O)c1cccc(S(=O)(=O)N2CCN(C(=O)c3cscn3)CC2)c1. The standard InChI is InChI=1S/C16H17N3O4S2/c1-12(20)13-3-2-4-14(9-13)25(22,23)19-7-5-18(6-8-19)16(21)15-10-24-11-17-15/h2-4,9-11H,5-8H2,1H3. The van der Waals surface area contributed by atoms with Gasteiger partial charge < -0.3 is 4.90 Å². The van der Waals surface area contributed by atoms with Crippen LogP contribution < -0.4 is 0 Å². The number of ketones is 1. The molecule has 132 valence electrons. The second-order valence-electron chi connectivity index (χ2n) is 5.65. The Labute approximate surface area is 150 Å². The second kappa shape index (κ2) is 7.03. The van der Waals surface area contributed by atoms with Crippen molar-refractivity contribution in [2.45, 2.75) is 11.8 Å². The summed E-state index contributed by atoms with van der Waals surface area (Å²) in [6, 6.07) is 6.02. The van der Waals surface area contributed by atoms with E-state index in [2.05, 4.69) is 4.98 Å². The molecule has 0 N–H and O–H groups in total. The molecule has 1 amide bonds. The molecule has 0 atom stereocenters. The molecule has 3 rings (SSSR count). The van der Waals surface area contributed by atoms with Crippen molar-refractivity contribution in [3.05, 3.63) is 46.4 Å². The Bertz CT molecular complexity index is 886. The quantitative estimate of drug-likeness (QED) is 0.751. The van der Waals surface area contributed by atoms with Crippen molar-refractivity contribution >= 4 is 33.1 Å². The number of nitrogens with zero attached hydrogens (tertiary/aromatic N) is 3. The highest BCUT2D eigenvalue weighted by Crippen LogP contribution is 2.20. The summed E-state index contributed by atoms with van der Waals surface area (Å²) in [5.41, 5.74) is 2.34. The third-order valence-electron chi connectivity index (χ3n) is 4.06. The van der Waals surface area contributed by atoms with E-state index in [9.17, 15) is 18.0 Å². The predicted molar refractivity (Wildman–Crippen MR) is 93.2 cm³/mol. The van der Waals surface area contributed by atoms with E-state index in [1.807, 2.05) is 0 Å². The van der Waals surface area contributed by atoms with Crippen molar-refractivity contribution in [2.24, 2.45) is 0 Å². The number of hydrogen-bond donors (Lipinski definition) is 0. The molecule has 7 nitrogen and oxygen atoms in total. The number of sulfonamides is 1. The van der Waals surface area contributed by atoms with E-state index in [0.717, 1.165) is 0 Å². The molecule has 9 heteroatoms. The average Bonchev–Trinajstić information content (AvgIpc) is 3.16. The molecule has 25 heavy (non-hydrogen) atoms. The van der Waals surface area contributed by atoms with Crippen molar-refractivity contribution < 1.29 is 18.0 Å². The highest BCUT2D eigenvalue weighted by molar-refractivity contribution is 7.89. The largest absolute Gasteiger partial charge is 0.335 e. The summed E-state index contributed by atoms with van der Waals surface area (Å²) < 4.78 is 26.9. The van der Waals surface area contributed by atoms with E-state index >= 15 is 0 Å². The van der Waals surface area contributed by atoms with Gasteiger partial charge in [-0.2, -0.15) is 4.31 Å². The van der Waals surface area contributed by atoms with Gasteiger partial charge >= 0.3 is 0 Å². The van der Waals surface area contributed by atoms with Gasteiger partial charge in [0.15, 0.2) is 5.78 Å². The number of benzene rings is 1. The molecule has 0 radical (unpaired) electrons. The molecule has 1 aliphatic heterocycles. The third-order valence-corrected chi connectivity index (χ3v) is 6.54. The second-order valence-corrected chi connectivity index (χ2v) is 8.31. The van der Waals surface area contributed by atoms with Crippen molar-refractivity contribution in [3.63, 3.8) is 0 Å². The lowest BCUT2D eigenvalue weighted by Gasteiger charge is -2.33. The fourth-order valence-corrected chi connectivity index (χ4v) is 4.63. The molecule has 0 saturated carbocycles. The third kappa shape index (κ3) is 3.63. The van der Waals surface area contributed by atoms with Crippen LogP contribution in [0, 0.1) is 0 Å². The maximum Gasteiger partial charge on any atom is 0.273 e. The fraction of sp³-hybridized carbons (Fsp3) is 0.312. The number of thiazole rings is 1. The molecular formula is C16H17N3O4S2. The van der Waals surface area contributed by atoms with Crippen LogP contribution in [0.3, 0.4) is 0 Å². The Morgan fingerprint density at radius 3 is 2.48 bits per heavy atom. The van der Waals surface area contributed by atoms with E-state index in [-0.39, 0.29) is 29.7 Å². The molecule has 1 aromatic carbocycles. The highest BCUT2D eigenvalue weighted by Gasteiger charge is 2.31. The molecule has 1 saturated heterocycles. The van der Waals surface area contributed by atoms with Gasteiger partial charge in [0.05, 0.1) is 10.4 Å². The van der Waals surface area contributed by atoms with Crippen LogP contribution in [-0.4, -0.2) is 60.5 Å². The smallest absolute Gasteiger partial charge is 0.273 e. The van der Waals surface area contributed by atoms with E-state index < -0.39 is 10.0 Å². The number of hydrogen-bond acceptors (Lipinski definition) is 6. The average molecular weight is 379 g/mol. The lowest BCUT2D eigenvalue weighted by molar-refractivity contribution is 0.0692. The zero-order chi connectivity index (χ0) is 18.0. The zero-order valence-electron chi connectivity index (χ0n) is 13.6. The summed E-state index contributed by atoms with van der Waals surface area (Å²) in [6.45, 7) is 2.43. The molecule has 0 unspecified atom stereocenters. The molecule has 2 heterocycles. The van der Waals surface area contributed by atoms with Gasteiger partial charge in [0.25, 0.3) is 5.91 Å². The molecule has 1 fully saturated rings. The van der Waals surface area contributed by atoms with Crippen LogP contribution in [0.25, 0.3) is 0 Å². The molecule has 0 aliphatic carbocycles. The Kier molecular flexibility index (Phi) is 4.98. The molecular weight excluding hydrogens is 362 g/mol. The van der Waals surface area contributed by atoms with Gasteiger partial charge in [-0.3, -0.25) is 9.59 Å². The van der Waals surface area contributed by atoms with Crippen LogP contribution in [0.4, 0.5) is 0 Å². The maximum atomic E-state index is 12.8. The minimum absolute atomic E-state index is 0.0967. The normalized spacial score (nSPS) is 16.0.